The minimum Gasteiger partial charge on any atom is -0.288 e. The van der Waals surface area contributed by atoms with Crippen LogP contribution in [0.2, 0.25) is 0 Å². The largest absolute Gasteiger partial charge is 0.288 e. The molecule has 27 heavy (non-hydrogen) atoms. The summed E-state index contributed by atoms with van der Waals surface area (Å²) in [5, 5.41) is 0. The highest BCUT2D eigenvalue weighted by Gasteiger charge is 2.22. The molecule has 0 radical (unpaired) electrons. The van der Waals surface area contributed by atoms with E-state index in [1.54, 1.807) is 0 Å². The van der Waals surface area contributed by atoms with Gasteiger partial charge in [0.25, 0.3) is 0 Å². The van der Waals surface area contributed by atoms with Gasteiger partial charge in [0.2, 0.25) is 0 Å². The van der Waals surface area contributed by atoms with Gasteiger partial charge < -0.3 is 0 Å². The Labute approximate surface area is 172 Å². The summed E-state index contributed by atoms with van der Waals surface area (Å²) in [6, 6.07) is 24.1. The van der Waals surface area contributed by atoms with Crippen LogP contribution in [0.25, 0.3) is 39.8 Å². The fourth-order valence-electron chi connectivity index (χ4n) is 3.16. The molecule has 3 aromatic rings. The van der Waals surface area contributed by atoms with E-state index in [0.717, 1.165) is 37.1 Å². The first-order valence-corrected chi connectivity index (χ1v) is 9.96. The predicted octanol–water partition coefficient (Wildman–Crippen LogP) is 6.11. The predicted molar refractivity (Wildman–Crippen MR) is 114 cm³/mol. The van der Waals surface area contributed by atoms with Crippen molar-refractivity contribution in [2.45, 2.75) is 0 Å². The van der Waals surface area contributed by atoms with Gasteiger partial charge in [0.05, 0.1) is 11.2 Å². The first kappa shape index (κ1) is 16.6. The number of para-hydroxylation sites is 2. The number of rotatable bonds is 2. The Kier molecular flexibility index (Phi) is 4.02. The topological polar surface area (TPSA) is 43.6 Å². The Morgan fingerprint density at radius 2 is 1.37 bits per heavy atom. The standard InChI is InChI=1S/C21H12Br2N4/c22-14-9-4-5-11-16(14)27-17-12-6-10-15(23)18(17)24-20-21(27)26-19(25-20)13-7-2-1-3-8-13/h1-12H. The molecule has 0 amide bonds. The van der Waals surface area contributed by atoms with Gasteiger partial charge in [0.15, 0.2) is 17.5 Å². The SMILES string of the molecule is Brc1ccccc1-n1c2nc(-c3ccccc3)nc-2nc2c(Br)cccc21. The van der Waals surface area contributed by atoms with E-state index in [4.69, 9.17) is 15.0 Å². The van der Waals surface area contributed by atoms with Crippen LogP contribution in [0.5, 0.6) is 0 Å². The molecule has 130 valence electrons. The molecule has 2 heterocycles. The molecular weight excluding hydrogens is 468 g/mol. The van der Waals surface area contributed by atoms with Crippen molar-refractivity contribution in [1.29, 1.82) is 0 Å². The minimum absolute atomic E-state index is 0.615. The number of halogens is 2. The van der Waals surface area contributed by atoms with Gasteiger partial charge in [-0.05, 0) is 56.1 Å². The van der Waals surface area contributed by atoms with Crippen LogP contribution in [0.4, 0.5) is 0 Å². The number of benzene rings is 3. The highest BCUT2D eigenvalue weighted by Crippen LogP contribution is 2.34. The molecule has 0 bridgehead atoms. The first-order valence-electron chi connectivity index (χ1n) is 8.37. The second-order valence-corrected chi connectivity index (χ2v) is 7.78. The zero-order valence-corrected chi connectivity index (χ0v) is 17.1. The van der Waals surface area contributed by atoms with Gasteiger partial charge in [-0.25, -0.2) is 15.0 Å². The lowest BCUT2D eigenvalue weighted by molar-refractivity contribution is 1.03. The molecule has 0 atom stereocenters. The van der Waals surface area contributed by atoms with Crippen LogP contribution in [0, 0.1) is 0 Å². The fourth-order valence-corrected chi connectivity index (χ4v) is 4.07. The molecule has 0 aliphatic carbocycles. The highest BCUT2D eigenvalue weighted by atomic mass is 79.9. The molecule has 2 aliphatic heterocycles. The highest BCUT2D eigenvalue weighted by molar-refractivity contribution is 9.11. The van der Waals surface area contributed by atoms with E-state index in [2.05, 4.69) is 42.5 Å². The smallest absolute Gasteiger partial charge is 0.199 e. The van der Waals surface area contributed by atoms with Crippen molar-refractivity contribution >= 4 is 42.9 Å². The maximum Gasteiger partial charge on any atom is 0.199 e. The van der Waals surface area contributed by atoms with Crippen molar-refractivity contribution in [3.63, 3.8) is 0 Å². The van der Waals surface area contributed by atoms with Crippen molar-refractivity contribution in [3.8, 4) is 28.7 Å². The van der Waals surface area contributed by atoms with E-state index in [-0.39, 0.29) is 0 Å². The number of hydrogen-bond acceptors (Lipinski definition) is 3. The van der Waals surface area contributed by atoms with Crippen molar-refractivity contribution < 1.29 is 0 Å². The fraction of sp³-hybridized carbons (Fsp3) is 0. The third kappa shape index (κ3) is 2.76. The normalized spacial score (nSPS) is 11.3. The van der Waals surface area contributed by atoms with Crippen LogP contribution in [-0.4, -0.2) is 19.5 Å². The average molecular weight is 480 g/mol. The van der Waals surface area contributed by atoms with E-state index in [9.17, 15) is 0 Å². The van der Waals surface area contributed by atoms with Crippen molar-refractivity contribution in [2.24, 2.45) is 0 Å². The van der Waals surface area contributed by atoms with Crippen molar-refractivity contribution in [1.82, 2.24) is 19.5 Å². The van der Waals surface area contributed by atoms with Gasteiger partial charge in [-0.15, -0.1) is 0 Å². The van der Waals surface area contributed by atoms with E-state index >= 15 is 0 Å². The third-order valence-corrected chi connectivity index (χ3v) is 5.70. The van der Waals surface area contributed by atoms with Crippen molar-refractivity contribution in [3.05, 3.63) is 81.7 Å². The van der Waals surface area contributed by atoms with E-state index in [1.165, 1.54) is 0 Å². The molecule has 3 aromatic carbocycles. The number of fused-ring (bicyclic) bond motifs is 2. The van der Waals surface area contributed by atoms with Crippen LogP contribution >= 0.6 is 31.9 Å². The zero-order chi connectivity index (χ0) is 18.4. The molecule has 0 saturated heterocycles. The molecular formula is C21H12Br2N4. The van der Waals surface area contributed by atoms with Crippen molar-refractivity contribution in [2.75, 3.05) is 0 Å². The van der Waals surface area contributed by atoms with Gasteiger partial charge in [0, 0.05) is 14.5 Å². The average Bonchev–Trinajstić information content (AvgIpc) is 3.12. The van der Waals surface area contributed by atoms with Gasteiger partial charge in [-0.3, -0.25) is 4.57 Å². The summed E-state index contributed by atoms with van der Waals surface area (Å²) < 4.78 is 4.01. The summed E-state index contributed by atoms with van der Waals surface area (Å²) >= 11 is 7.30. The molecule has 0 spiro atoms. The summed E-state index contributed by atoms with van der Waals surface area (Å²) in [5.74, 6) is 2.01. The summed E-state index contributed by atoms with van der Waals surface area (Å²) in [6.45, 7) is 0. The van der Waals surface area contributed by atoms with Crippen LogP contribution in [0.1, 0.15) is 0 Å². The van der Waals surface area contributed by atoms with Gasteiger partial charge in [-0.2, -0.15) is 0 Å². The Hall–Kier alpha value is -2.57. The lowest BCUT2D eigenvalue weighted by atomic mass is 10.2. The number of hydrogen-bond donors (Lipinski definition) is 0. The lowest BCUT2D eigenvalue weighted by Crippen LogP contribution is -2.06. The second-order valence-electron chi connectivity index (χ2n) is 6.07. The maximum atomic E-state index is 4.83. The minimum atomic E-state index is 0.615. The molecule has 6 heteroatoms. The van der Waals surface area contributed by atoms with Gasteiger partial charge >= 0.3 is 0 Å². The first-order chi connectivity index (χ1) is 13.2. The molecule has 4 nitrogen and oxygen atoms in total. The third-order valence-electron chi connectivity index (χ3n) is 4.38. The molecule has 0 saturated carbocycles. The van der Waals surface area contributed by atoms with E-state index in [1.807, 2.05) is 66.7 Å². The molecule has 0 N–H and O–H groups in total. The quantitative estimate of drug-likeness (QED) is 0.306. The molecule has 0 aromatic heterocycles. The second kappa shape index (κ2) is 6.55. The molecule has 5 rings (SSSR count). The summed E-state index contributed by atoms with van der Waals surface area (Å²) in [7, 11) is 0. The number of nitrogens with zero attached hydrogens (tertiary/aromatic N) is 4. The number of aromatic nitrogens is 4. The molecule has 2 aliphatic rings. The van der Waals surface area contributed by atoms with Crippen LogP contribution < -0.4 is 0 Å². The maximum absolute atomic E-state index is 4.83. The summed E-state index contributed by atoms with van der Waals surface area (Å²) in [5.41, 5.74) is 3.77. The Morgan fingerprint density at radius 1 is 0.630 bits per heavy atom. The van der Waals surface area contributed by atoms with Crippen LogP contribution in [-0.2, 0) is 0 Å². The monoisotopic (exact) mass is 478 g/mol. The van der Waals surface area contributed by atoms with E-state index < -0.39 is 0 Å². The van der Waals surface area contributed by atoms with Gasteiger partial charge in [0.1, 0.15) is 5.52 Å². The van der Waals surface area contributed by atoms with Gasteiger partial charge in [-0.1, -0.05) is 48.5 Å². The van der Waals surface area contributed by atoms with E-state index in [0.29, 0.717) is 11.6 Å². The number of imidazole rings is 1. The van der Waals surface area contributed by atoms with Crippen LogP contribution in [0.3, 0.4) is 0 Å². The Morgan fingerprint density at radius 3 is 2.19 bits per heavy atom. The lowest BCUT2D eigenvalue weighted by Gasteiger charge is -2.16. The Balaban J connectivity index is 1.91. The molecule has 0 unspecified atom stereocenters. The zero-order valence-electron chi connectivity index (χ0n) is 14.0. The molecule has 0 fully saturated rings. The Bertz CT molecular complexity index is 1250. The van der Waals surface area contributed by atoms with Crippen LogP contribution in [0.15, 0.2) is 81.7 Å². The summed E-state index contributed by atoms with van der Waals surface area (Å²) in [4.78, 5) is 14.3. The summed E-state index contributed by atoms with van der Waals surface area (Å²) in [6.07, 6.45) is 0.